The maximum atomic E-state index is 12.5. The van der Waals surface area contributed by atoms with Crippen LogP contribution >= 0.6 is 0 Å². The van der Waals surface area contributed by atoms with Crippen LogP contribution in [0.3, 0.4) is 0 Å². The highest BCUT2D eigenvalue weighted by molar-refractivity contribution is 5.90. The Hall–Kier alpha value is -2.11. The number of anilines is 1. The number of aryl methyl sites for hydroxylation is 2. The van der Waals surface area contributed by atoms with Crippen LogP contribution in [-0.4, -0.2) is 20.7 Å². The molecule has 114 valence electrons. The fourth-order valence-corrected chi connectivity index (χ4v) is 2.34. The van der Waals surface area contributed by atoms with Gasteiger partial charge in [-0.05, 0) is 17.9 Å². The average Bonchev–Trinajstić information content (AvgIpc) is 2.47. The van der Waals surface area contributed by atoms with Crippen molar-refractivity contribution < 1.29 is 0 Å². The lowest BCUT2D eigenvalue weighted by molar-refractivity contribution is 0.686. The highest BCUT2D eigenvalue weighted by Gasteiger charge is 2.16. The first-order valence-electron chi connectivity index (χ1n) is 7.19. The van der Waals surface area contributed by atoms with Crippen LogP contribution in [0.1, 0.15) is 26.3 Å². The summed E-state index contributed by atoms with van der Waals surface area (Å²) in [5.74, 6) is 0.453. The number of rotatable bonds is 4. The van der Waals surface area contributed by atoms with Crippen LogP contribution in [0, 0.1) is 5.92 Å². The average molecular weight is 290 g/mol. The van der Waals surface area contributed by atoms with Gasteiger partial charge >= 0.3 is 5.69 Å². The summed E-state index contributed by atoms with van der Waals surface area (Å²) in [4.78, 5) is 28.8. The van der Waals surface area contributed by atoms with Gasteiger partial charge in [-0.1, -0.05) is 20.8 Å². The summed E-state index contributed by atoms with van der Waals surface area (Å²) in [6.07, 6.45) is 2.51. The van der Waals surface area contributed by atoms with E-state index in [1.807, 2.05) is 6.92 Å². The molecule has 0 unspecified atom stereocenters. The molecule has 0 spiro atoms. The van der Waals surface area contributed by atoms with E-state index in [1.165, 1.54) is 11.6 Å². The summed E-state index contributed by atoms with van der Waals surface area (Å²) in [6.45, 7) is 7.00. The Morgan fingerprint density at radius 1 is 1.24 bits per heavy atom. The van der Waals surface area contributed by atoms with Crippen LogP contribution in [0.25, 0.3) is 11.0 Å². The normalized spacial score (nSPS) is 11.3. The van der Waals surface area contributed by atoms with Crippen molar-refractivity contribution in [3.63, 3.8) is 0 Å². The minimum Gasteiger partial charge on any atom is -0.384 e. The highest BCUT2D eigenvalue weighted by Crippen LogP contribution is 2.23. The summed E-state index contributed by atoms with van der Waals surface area (Å²) < 4.78 is 2.54. The molecule has 6 heteroatoms. The molecule has 0 aliphatic heterocycles. The first-order chi connectivity index (χ1) is 9.88. The van der Waals surface area contributed by atoms with E-state index in [4.69, 9.17) is 0 Å². The molecule has 21 heavy (non-hydrogen) atoms. The standard InChI is InChI=1S/C15H22N4O2/c1-6-10-8-17-13-11(12(10)16-7-9(2)3)14(20)19(5)15(21)18(13)4/h8-9H,6-7H2,1-5H3,(H,16,17). The summed E-state index contributed by atoms with van der Waals surface area (Å²) in [5, 5.41) is 3.84. The zero-order valence-electron chi connectivity index (χ0n) is 13.2. The van der Waals surface area contributed by atoms with Crippen molar-refractivity contribution in [1.82, 2.24) is 14.1 Å². The van der Waals surface area contributed by atoms with Crippen molar-refractivity contribution >= 4 is 16.7 Å². The van der Waals surface area contributed by atoms with Gasteiger partial charge in [0.2, 0.25) is 0 Å². The van der Waals surface area contributed by atoms with Gasteiger partial charge in [-0.3, -0.25) is 13.9 Å². The van der Waals surface area contributed by atoms with E-state index < -0.39 is 0 Å². The summed E-state index contributed by atoms with van der Waals surface area (Å²) in [6, 6.07) is 0. The zero-order chi connectivity index (χ0) is 15.7. The molecular formula is C15H22N4O2. The maximum absolute atomic E-state index is 12.5. The van der Waals surface area contributed by atoms with Crippen LogP contribution in [0.2, 0.25) is 0 Å². The molecule has 0 aromatic carbocycles. The molecule has 0 atom stereocenters. The molecule has 0 bridgehead atoms. The van der Waals surface area contributed by atoms with Crippen molar-refractivity contribution in [3.8, 4) is 0 Å². The first kappa shape index (κ1) is 15.3. The number of fused-ring (bicyclic) bond motifs is 1. The van der Waals surface area contributed by atoms with E-state index in [0.717, 1.165) is 28.8 Å². The van der Waals surface area contributed by atoms with E-state index in [2.05, 4.69) is 24.1 Å². The molecule has 2 aromatic heterocycles. The molecule has 0 aliphatic rings. The van der Waals surface area contributed by atoms with Crippen molar-refractivity contribution in [2.24, 2.45) is 20.0 Å². The Balaban J connectivity index is 2.85. The number of aromatic nitrogens is 3. The van der Waals surface area contributed by atoms with Gasteiger partial charge in [0.1, 0.15) is 5.39 Å². The second-order valence-corrected chi connectivity index (χ2v) is 5.69. The molecule has 2 rings (SSSR count). The topological polar surface area (TPSA) is 68.9 Å². The fourth-order valence-electron chi connectivity index (χ4n) is 2.34. The number of nitrogens with zero attached hydrogens (tertiary/aromatic N) is 3. The SMILES string of the molecule is CCc1cnc2c(c1NCC(C)C)c(=O)n(C)c(=O)n2C. The van der Waals surface area contributed by atoms with Gasteiger partial charge in [0.25, 0.3) is 5.56 Å². The molecule has 2 aromatic rings. The van der Waals surface area contributed by atoms with Crippen molar-refractivity contribution in [2.45, 2.75) is 27.2 Å². The van der Waals surface area contributed by atoms with Gasteiger partial charge in [0, 0.05) is 26.8 Å². The molecule has 6 nitrogen and oxygen atoms in total. The largest absolute Gasteiger partial charge is 0.384 e. The van der Waals surface area contributed by atoms with Crippen LogP contribution in [0.5, 0.6) is 0 Å². The van der Waals surface area contributed by atoms with Crippen LogP contribution in [-0.2, 0) is 20.5 Å². The number of hydrogen-bond donors (Lipinski definition) is 1. The highest BCUT2D eigenvalue weighted by atomic mass is 16.2. The molecule has 2 heterocycles. The van der Waals surface area contributed by atoms with Crippen molar-refractivity contribution in [2.75, 3.05) is 11.9 Å². The molecule has 0 saturated carbocycles. The quantitative estimate of drug-likeness (QED) is 0.920. The van der Waals surface area contributed by atoms with Crippen molar-refractivity contribution in [1.29, 1.82) is 0 Å². The predicted octanol–water partition coefficient (Wildman–Crippen LogP) is 1.26. The molecular weight excluding hydrogens is 268 g/mol. The Bertz CT molecular complexity index is 787. The Morgan fingerprint density at radius 3 is 2.48 bits per heavy atom. The third-order valence-electron chi connectivity index (χ3n) is 3.62. The minimum absolute atomic E-state index is 0.304. The van der Waals surface area contributed by atoms with Crippen LogP contribution in [0.4, 0.5) is 5.69 Å². The molecule has 0 radical (unpaired) electrons. The predicted molar refractivity (Wildman–Crippen MR) is 84.9 cm³/mol. The minimum atomic E-state index is -0.362. The maximum Gasteiger partial charge on any atom is 0.332 e. The number of pyridine rings is 1. The van der Waals surface area contributed by atoms with Gasteiger partial charge in [-0.2, -0.15) is 0 Å². The molecule has 0 fully saturated rings. The van der Waals surface area contributed by atoms with Crippen LogP contribution in [0.15, 0.2) is 15.8 Å². The van der Waals surface area contributed by atoms with E-state index in [9.17, 15) is 9.59 Å². The lowest BCUT2D eigenvalue weighted by atomic mass is 10.1. The van der Waals surface area contributed by atoms with Crippen LogP contribution < -0.4 is 16.6 Å². The Labute approximate surface area is 123 Å². The second kappa shape index (κ2) is 5.71. The first-order valence-corrected chi connectivity index (χ1v) is 7.19. The Kier molecular flexibility index (Phi) is 4.16. The molecule has 0 aliphatic carbocycles. The van der Waals surface area contributed by atoms with E-state index in [0.29, 0.717) is 17.0 Å². The second-order valence-electron chi connectivity index (χ2n) is 5.69. The molecule has 0 saturated heterocycles. The van der Waals surface area contributed by atoms with Gasteiger partial charge in [0.15, 0.2) is 5.65 Å². The molecule has 0 amide bonds. The Morgan fingerprint density at radius 2 is 1.90 bits per heavy atom. The number of hydrogen-bond acceptors (Lipinski definition) is 4. The summed E-state index contributed by atoms with van der Waals surface area (Å²) >= 11 is 0. The van der Waals surface area contributed by atoms with E-state index >= 15 is 0 Å². The van der Waals surface area contributed by atoms with Crippen molar-refractivity contribution in [3.05, 3.63) is 32.6 Å². The number of nitrogens with one attached hydrogen (secondary N) is 1. The molecule has 1 N–H and O–H groups in total. The smallest absolute Gasteiger partial charge is 0.332 e. The third kappa shape index (κ3) is 2.57. The van der Waals surface area contributed by atoms with E-state index in [1.54, 1.807) is 13.2 Å². The monoisotopic (exact) mass is 290 g/mol. The summed E-state index contributed by atoms with van der Waals surface area (Å²) in [7, 11) is 3.13. The fraction of sp³-hybridized carbons (Fsp3) is 0.533. The van der Waals surface area contributed by atoms with Gasteiger partial charge in [-0.25, -0.2) is 9.78 Å². The van der Waals surface area contributed by atoms with Gasteiger partial charge in [0.05, 0.1) is 5.69 Å². The zero-order valence-corrected chi connectivity index (χ0v) is 13.2. The van der Waals surface area contributed by atoms with E-state index in [-0.39, 0.29) is 11.2 Å². The van der Waals surface area contributed by atoms with Gasteiger partial charge < -0.3 is 5.32 Å². The lowest BCUT2D eigenvalue weighted by Gasteiger charge is -2.16. The lowest BCUT2D eigenvalue weighted by Crippen LogP contribution is -2.37. The third-order valence-corrected chi connectivity index (χ3v) is 3.62. The summed E-state index contributed by atoms with van der Waals surface area (Å²) in [5.41, 5.74) is 1.54. The van der Waals surface area contributed by atoms with Gasteiger partial charge in [-0.15, -0.1) is 0 Å².